The molecule has 0 unspecified atom stereocenters. The summed E-state index contributed by atoms with van der Waals surface area (Å²) in [6.45, 7) is 0. The maximum Gasteiger partial charge on any atom is 0.202 e. The van der Waals surface area contributed by atoms with Gasteiger partial charge in [-0.1, -0.05) is 0 Å². The second kappa shape index (κ2) is 3.92. The van der Waals surface area contributed by atoms with Gasteiger partial charge in [-0.15, -0.1) is 6.07 Å². The second-order valence-electron chi connectivity index (χ2n) is 2.17. The van der Waals surface area contributed by atoms with Gasteiger partial charge in [-0.05, 0) is 10.9 Å². The molecule has 1 heterocycles. The van der Waals surface area contributed by atoms with Gasteiger partial charge in [0.1, 0.15) is 0 Å². The topological polar surface area (TPSA) is 45.8 Å². The van der Waals surface area contributed by atoms with Crippen LogP contribution in [0.3, 0.4) is 0 Å². The molecule has 2 rings (SSSR count). The molecule has 0 aliphatic rings. The summed E-state index contributed by atoms with van der Waals surface area (Å²) < 4.78 is 0. The van der Waals surface area contributed by atoms with Crippen LogP contribution < -0.4 is 5.56 Å². The molecule has 12 heavy (non-hydrogen) atoms. The minimum atomic E-state index is -0.119. The minimum absolute atomic E-state index is 0. The predicted octanol–water partition coefficient (Wildman–Crippen LogP) is 0.721. The van der Waals surface area contributed by atoms with Crippen molar-refractivity contribution in [1.29, 1.82) is 0 Å². The van der Waals surface area contributed by atoms with Gasteiger partial charge in [0.05, 0.1) is 6.33 Å². The first-order valence-corrected chi connectivity index (χ1v) is 3.21. The van der Waals surface area contributed by atoms with Crippen molar-refractivity contribution in [3.8, 4) is 0 Å². The van der Waals surface area contributed by atoms with Crippen molar-refractivity contribution in [2.24, 2.45) is 0 Å². The average molecular weight is 234 g/mol. The molecule has 0 saturated heterocycles. The van der Waals surface area contributed by atoms with Gasteiger partial charge in [0.2, 0.25) is 5.56 Å². The van der Waals surface area contributed by atoms with E-state index in [0.717, 1.165) is 0 Å². The maximum absolute atomic E-state index is 11.1. The first-order valence-electron chi connectivity index (χ1n) is 3.21. The molecule has 0 aliphatic heterocycles. The van der Waals surface area contributed by atoms with Crippen LogP contribution >= 0.6 is 0 Å². The van der Waals surface area contributed by atoms with Gasteiger partial charge in [0.25, 0.3) is 0 Å². The predicted molar refractivity (Wildman–Crippen MR) is 41.2 cm³/mol. The summed E-state index contributed by atoms with van der Waals surface area (Å²) in [5.41, 5.74) is 0.583. The maximum atomic E-state index is 11.1. The molecule has 0 saturated carbocycles. The number of nitrogens with one attached hydrogen (secondary N) is 1. The minimum Gasteiger partial charge on any atom is -0.323 e. The fourth-order valence-electron chi connectivity index (χ4n) is 0.955. The van der Waals surface area contributed by atoms with Crippen molar-refractivity contribution < 1.29 is 32.7 Å². The van der Waals surface area contributed by atoms with E-state index in [2.05, 4.69) is 16.0 Å². The molecule has 1 N–H and O–H groups in total. The van der Waals surface area contributed by atoms with Gasteiger partial charge < -0.3 is 4.98 Å². The SMILES string of the molecule is O=c1[nH]cnc2cc[c-]cc12.[Y]. The van der Waals surface area contributed by atoms with E-state index in [1.807, 2.05) is 0 Å². The number of aromatic amines is 1. The van der Waals surface area contributed by atoms with Crippen LogP contribution in [0.2, 0.25) is 0 Å². The summed E-state index contributed by atoms with van der Waals surface area (Å²) in [6, 6.07) is 7.93. The van der Waals surface area contributed by atoms with E-state index >= 15 is 0 Å². The smallest absolute Gasteiger partial charge is 0.202 e. The summed E-state index contributed by atoms with van der Waals surface area (Å²) in [4.78, 5) is 17.5. The summed E-state index contributed by atoms with van der Waals surface area (Å²) in [6.07, 6.45) is 1.39. The average Bonchev–Trinajstić information content (AvgIpc) is 2.06. The molecule has 0 aliphatic carbocycles. The van der Waals surface area contributed by atoms with E-state index < -0.39 is 0 Å². The Bertz CT molecular complexity index is 433. The molecule has 0 amide bonds. The van der Waals surface area contributed by atoms with Crippen molar-refractivity contribution in [3.05, 3.63) is 40.9 Å². The van der Waals surface area contributed by atoms with Crippen LogP contribution in [-0.4, -0.2) is 9.97 Å². The number of benzene rings is 1. The van der Waals surface area contributed by atoms with E-state index in [1.54, 1.807) is 18.2 Å². The summed E-state index contributed by atoms with van der Waals surface area (Å²) in [7, 11) is 0. The van der Waals surface area contributed by atoms with E-state index in [0.29, 0.717) is 10.9 Å². The number of hydrogen-bond donors (Lipinski definition) is 1. The van der Waals surface area contributed by atoms with Crippen molar-refractivity contribution in [3.63, 3.8) is 0 Å². The molecule has 3 nitrogen and oxygen atoms in total. The number of nitrogens with zero attached hydrogens (tertiary/aromatic N) is 1. The van der Waals surface area contributed by atoms with E-state index in [9.17, 15) is 4.79 Å². The van der Waals surface area contributed by atoms with Gasteiger partial charge in [0.15, 0.2) is 0 Å². The van der Waals surface area contributed by atoms with Crippen LogP contribution in [0.1, 0.15) is 0 Å². The Labute approximate surface area is 94.1 Å². The quantitative estimate of drug-likeness (QED) is 0.682. The molecular weight excluding hydrogens is 229 g/mol. The summed E-state index contributed by atoms with van der Waals surface area (Å²) >= 11 is 0. The third-order valence-corrected chi connectivity index (χ3v) is 1.48. The number of rotatable bonds is 0. The van der Waals surface area contributed by atoms with Crippen LogP contribution in [-0.2, 0) is 32.7 Å². The number of aromatic nitrogens is 2. The number of H-pyrrole nitrogens is 1. The zero-order valence-electron chi connectivity index (χ0n) is 6.24. The normalized spacial score (nSPS) is 9.33. The summed E-state index contributed by atoms with van der Waals surface area (Å²) in [5, 5.41) is 0.579. The molecular formula is C8H5N2OY-. The Balaban J connectivity index is 0.000000720. The Kier molecular flexibility index (Phi) is 3.12. The fraction of sp³-hybridized carbons (Fsp3) is 0. The van der Waals surface area contributed by atoms with Crippen LogP contribution in [0.15, 0.2) is 29.3 Å². The Hall–Kier alpha value is -0.536. The molecule has 2 aromatic rings. The molecule has 0 bridgehead atoms. The third-order valence-electron chi connectivity index (χ3n) is 1.48. The molecule has 0 spiro atoms. The van der Waals surface area contributed by atoms with Crippen molar-refractivity contribution >= 4 is 10.9 Å². The van der Waals surface area contributed by atoms with Gasteiger partial charge in [-0.2, -0.15) is 18.2 Å². The second-order valence-corrected chi connectivity index (χ2v) is 2.17. The first kappa shape index (κ1) is 9.55. The van der Waals surface area contributed by atoms with Crippen LogP contribution in [0, 0.1) is 6.07 Å². The van der Waals surface area contributed by atoms with Gasteiger partial charge >= 0.3 is 0 Å². The molecule has 57 valence electrons. The van der Waals surface area contributed by atoms with Gasteiger partial charge in [-0.25, -0.2) is 0 Å². The van der Waals surface area contributed by atoms with Crippen LogP contribution in [0.25, 0.3) is 10.9 Å². The molecule has 1 radical (unpaired) electrons. The third kappa shape index (κ3) is 1.62. The Morgan fingerprint density at radius 2 is 2.33 bits per heavy atom. The van der Waals surface area contributed by atoms with Crippen LogP contribution in [0.5, 0.6) is 0 Å². The van der Waals surface area contributed by atoms with Crippen LogP contribution in [0.4, 0.5) is 0 Å². The molecule has 0 fully saturated rings. The van der Waals surface area contributed by atoms with Crippen molar-refractivity contribution in [2.75, 3.05) is 0 Å². The van der Waals surface area contributed by atoms with Gasteiger partial charge in [0, 0.05) is 32.7 Å². The first-order chi connectivity index (χ1) is 5.38. The number of fused-ring (bicyclic) bond motifs is 1. The molecule has 1 aromatic carbocycles. The van der Waals surface area contributed by atoms with Crippen molar-refractivity contribution in [1.82, 2.24) is 9.97 Å². The van der Waals surface area contributed by atoms with E-state index in [1.165, 1.54) is 6.33 Å². The zero-order valence-corrected chi connectivity index (χ0v) is 9.08. The van der Waals surface area contributed by atoms with E-state index in [-0.39, 0.29) is 38.3 Å². The van der Waals surface area contributed by atoms with Gasteiger partial charge in [-0.3, -0.25) is 9.78 Å². The largest absolute Gasteiger partial charge is 0.323 e. The Morgan fingerprint density at radius 3 is 3.08 bits per heavy atom. The molecule has 1 aromatic heterocycles. The fourth-order valence-corrected chi connectivity index (χ4v) is 0.955. The zero-order chi connectivity index (χ0) is 7.68. The standard InChI is InChI=1S/C8H5N2O.Y/c11-8-6-3-1-2-4-7(6)9-5-10-8;/h2-5H,(H,9,10,11);/q-1;. The number of hydrogen-bond acceptors (Lipinski definition) is 2. The molecule has 0 atom stereocenters. The monoisotopic (exact) mass is 234 g/mol. The van der Waals surface area contributed by atoms with E-state index in [4.69, 9.17) is 0 Å². The Morgan fingerprint density at radius 1 is 1.50 bits per heavy atom. The summed E-state index contributed by atoms with van der Waals surface area (Å²) in [5.74, 6) is 0. The molecule has 4 heteroatoms. The van der Waals surface area contributed by atoms with Crippen molar-refractivity contribution in [2.45, 2.75) is 0 Å².